The third-order valence-corrected chi connectivity index (χ3v) is 3.63. The van der Waals surface area contributed by atoms with E-state index in [1.807, 2.05) is 0 Å². The van der Waals surface area contributed by atoms with Crippen LogP contribution in [0.15, 0.2) is 24.3 Å². The van der Waals surface area contributed by atoms with Gasteiger partial charge in [0.2, 0.25) is 5.91 Å². The second-order valence-electron chi connectivity index (χ2n) is 5.16. The molecular formula is C16H20FNO3. The van der Waals surface area contributed by atoms with Crippen LogP contribution < -0.4 is 0 Å². The highest BCUT2D eigenvalue weighted by molar-refractivity contribution is 5.86. The molecule has 1 aromatic rings. The first kappa shape index (κ1) is 15.5. The second-order valence-corrected chi connectivity index (χ2v) is 5.16. The Labute approximate surface area is 123 Å². The molecule has 1 saturated heterocycles. The van der Waals surface area contributed by atoms with Crippen molar-refractivity contribution in [2.75, 3.05) is 13.2 Å². The second kappa shape index (κ2) is 7.20. The van der Waals surface area contributed by atoms with Crippen LogP contribution in [-0.4, -0.2) is 36.0 Å². The van der Waals surface area contributed by atoms with E-state index in [0.29, 0.717) is 25.1 Å². The van der Waals surface area contributed by atoms with E-state index in [1.165, 1.54) is 12.1 Å². The van der Waals surface area contributed by atoms with Gasteiger partial charge in [0.25, 0.3) is 0 Å². The number of carbonyl (C=O) groups is 2. The highest BCUT2D eigenvalue weighted by Gasteiger charge is 2.32. The minimum absolute atomic E-state index is 0.105. The van der Waals surface area contributed by atoms with E-state index in [9.17, 15) is 14.0 Å². The summed E-state index contributed by atoms with van der Waals surface area (Å²) in [6.45, 7) is 2.61. The van der Waals surface area contributed by atoms with E-state index in [4.69, 9.17) is 4.74 Å². The number of piperidine rings is 1. The molecule has 0 N–H and O–H groups in total. The summed E-state index contributed by atoms with van der Waals surface area (Å²) in [5, 5.41) is 0. The molecule has 1 aliphatic rings. The average Bonchev–Trinajstić information content (AvgIpc) is 2.47. The van der Waals surface area contributed by atoms with Crippen LogP contribution in [0.25, 0.3) is 0 Å². The van der Waals surface area contributed by atoms with Gasteiger partial charge in [-0.2, -0.15) is 0 Å². The maximum absolute atomic E-state index is 13.2. The summed E-state index contributed by atoms with van der Waals surface area (Å²) in [4.78, 5) is 25.9. The van der Waals surface area contributed by atoms with Crippen LogP contribution in [0.2, 0.25) is 0 Å². The van der Waals surface area contributed by atoms with E-state index in [2.05, 4.69) is 0 Å². The summed E-state index contributed by atoms with van der Waals surface area (Å²) < 4.78 is 18.2. The normalized spacial score (nSPS) is 18.4. The number of nitrogens with zero attached hydrogens (tertiary/aromatic N) is 1. The van der Waals surface area contributed by atoms with E-state index in [-0.39, 0.29) is 24.1 Å². The van der Waals surface area contributed by atoms with Gasteiger partial charge in [0.15, 0.2) is 0 Å². The summed E-state index contributed by atoms with van der Waals surface area (Å²) in [6, 6.07) is 5.48. The fraction of sp³-hybridized carbons (Fsp3) is 0.500. The Kier molecular flexibility index (Phi) is 5.31. The van der Waals surface area contributed by atoms with Gasteiger partial charge in [-0.3, -0.25) is 4.79 Å². The number of ether oxygens (including phenoxy) is 1. The molecule has 1 aromatic carbocycles. The van der Waals surface area contributed by atoms with Crippen molar-refractivity contribution in [2.45, 2.75) is 38.6 Å². The predicted octanol–water partition coefficient (Wildman–Crippen LogP) is 2.31. The molecule has 5 heteroatoms. The molecule has 1 aliphatic heterocycles. The molecule has 1 fully saturated rings. The van der Waals surface area contributed by atoms with Crippen LogP contribution >= 0.6 is 0 Å². The van der Waals surface area contributed by atoms with Crippen molar-refractivity contribution in [2.24, 2.45) is 0 Å². The molecule has 0 saturated carbocycles. The van der Waals surface area contributed by atoms with Crippen LogP contribution in [-0.2, 0) is 20.7 Å². The number of esters is 1. The molecule has 1 amide bonds. The van der Waals surface area contributed by atoms with Crippen molar-refractivity contribution in [1.82, 2.24) is 4.90 Å². The summed E-state index contributed by atoms with van der Waals surface area (Å²) in [7, 11) is 0. The van der Waals surface area contributed by atoms with Crippen LogP contribution in [0.4, 0.5) is 4.39 Å². The molecule has 1 heterocycles. The lowest BCUT2D eigenvalue weighted by Gasteiger charge is -2.34. The maximum Gasteiger partial charge on any atom is 0.328 e. The van der Waals surface area contributed by atoms with Crippen molar-refractivity contribution in [3.05, 3.63) is 35.6 Å². The van der Waals surface area contributed by atoms with E-state index in [1.54, 1.807) is 24.0 Å². The number of halogens is 1. The first-order valence-corrected chi connectivity index (χ1v) is 7.32. The SMILES string of the molecule is CCOC(=O)C1CCCCN1C(=O)Cc1cccc(F)c1. The molecule has 0 bridgehead atoms. The third kappa shape index (κ3) is 4.03. The topological polar surface area (TPSA) is 46.6 Å². The molecule has 0 radical (unpaired) electrons. The van der Waals surface area contributed by atoms with Gasteiger partial charge in [0, 0.05) is 6.54 Å². The molecule has 1 unspecified atom stereocenters. The molecule has 21 heavy (non-hydrogen) atoms. The van der Waals surface area contributed by atoms with Crippen LogP contribution in [0.1, 0.15) is 31.7 Å². The summed E-state index contributed by atoms with van der Waals surface area (Å²) in [5.41, 5.74) is 0.619. The van der Waals surface area contributed by atoms with Crippen molar-refractivity contribution in [1.29, 1.82) is 0 Å². The van der Waals surface area contributed by atoms with Crippen molar-refractivity contribution in [3.63, 3.8) is 0 Å². The monoisotopic (exact) mass is 293 g/mol. The minimum atomic E-state index is -0.500. The summed E-state index contributed by atoms with van der Waals surface area (Å²) in [6.07, 6.45) is 2.53. The van der Waals surface area contributed by atoms with Gasteiger partial charge in [0.1, 0.15) is 11.9 Å². The van der Waals surface area contributed by atoms with Gasteiger partial charge in [-0.05, 0) is 43.9 Å². The van der Waals surface area contributed by atoms with Gasteiger partial charge in [0.05, 0.1) is 13.0 Å². The average molecular weight is 293 g/mol. The summed E-state index contributed by atoms with van der Waals surface area (Å²) in [5.74, 6) is -0.857. The number of benzene rings is 1. The van der Waals surface area contributed by atoms with Crippen molar-refractivity contribution in [3.8, 4) is 0 Å². The van der Waals surface area contributed by atoms with Gasteiger partial charge in [-0.15, -0.1) is 0 Å². The zero-order valence-corrected chi connectivity index (χ0v) is 12.2. The van der Waals surface area contributed by atoms with E-state index in [0.717, 1.165) is 12.8 Å². The highest BCUT2D eigenvalue weighted by Crippen LogP contribution is 2.20. The van der Waals surface area contributed by atoms with Gasteiger partial charge in [-0.25, -0.2) is 9.18 Å². The fourth-order valence-corrected chi connectivity index (χ4v) is 2.64. The maximum atomic E-state index is 13.2. The van der Waals surface area contributed by atoms with Crippen LogP contribution in [0.5, 0.6) is 0 Å². The molecule has 0 aliphatic carbocycles. The number of amides is 1. The largest absolute Gasteiger partial charge is 0.464 e. The van der Waals surface area contributed by atoms with Crippen LogP contribution in [0, 0.1) is 5.82 Å². The molecule has 2 rings (SSSR count). The number of likely N-dealkylation sites (tertiary alicyclic amines) is 1. The van der Waals surface area contributed by atoms with E-state index >= 15 is 0 Å². The lowest BCUT2D eigenvalue weighted by atomic mass is 10.0. The van der Waals surface area contributed by atoms with Crippen LogP contribution in [0.3, 0.4) is 0 Å². The number of rotatable bonds is 4. The molecule has 0 spiro atoms. The molecule has 0 aromatic heterocycles. The van der Waals surface area contributed by atoms with Gasteiger partial charge >= 0.3 is 5.97 Å². The lowest BCUT2D eigenvalue weighted by molar-refractivity contribution is -0.156. The predicted molar refractivity (Wildman–Crippen MR) is 76.1 cm³/mol. The standard InChI is InChI=1S/C16H20FNO3/c1-2-21-16(20)14-8-3-4-9-18(14)15(19)11-12-6-5-7-13(17)10-12/h5-7,10,14H,2-4,8-9,11H2,1H3. The first-order chi connectivity index (χ1) is 10.1. The Bertz CT molecular complexity index is 518. The molecule has 4 nitrogen and oxygen atoms in total. The van der Waals surface area contributed by atoms with Crippen molar-refractivity contribution >= 4 is 11.9 Å². The molecule has 114 valence electrons. The Hall–Kier alpha value is -1.91. The number of hydrogen-bond acceptors (Lipinski definition) is 3. The van der Waals surface area contributed by atoms with Gasteiger partial charge < -0.3 is 9.64 Å². The Morgan fingerprint density at radius 3 is 2.90 bits per heavy atom. The fourth-order valence-electron chi connectivity index (χ4n) is 2.64. The molecular weight excluding hydrogens is 273 g/mol. The van der Waals surface area contributed by atoms with Gasteiger partial charge in [-0.1, -0.05) is 12.1 Å². The first-order valence-electron chi connectivity index (χ1n) is 7.32. The number of carbonyl (C=O) groups excluding carboxylic acids is 2. The quantitative estimate of drug-likeness (QED) is 0.800. The Morgan fingerprint density at radius 1 is 1.38 bits per heavy atom. The third-order valence-electron chi connectivity index (χ3n) is 3.63. The van der Waals surface area contributed by atoms with Crippen molar-refractivity contribution < 1.29 is 18.7 Å². The minimum Gasteiger partial charge on any atom is -0.464 e. The Balaban J connectivity index is 2.06. The summed E-state index contributed by atoms with van der Waals surface area (Å²) >= 11 is 0. The number of hydrogen-bond donors (Lipinski definition) is 0. The smallest absolute Gasteiger partial charge is 0.328 e. The highest BCUT2D eigenvalue weighted by atomic mass is 19.1. The van der Waals surface area contributed by atoms with E-state index < -0.39 is 6.04 Å². The zero-order chi connectivity index (χ0) is 15.2. The molecule has 1 atom stereocenters. The Morgan fingerprint density at radius 2 is 2.19 bits per heavy atom. The zero-order valence-electron chi connectivity index (χ0n) is 12.2. The lowest BCUT2D eigenvalue weighted by Crippen LogP contribution is -2.49.